The van der Waals surface area contributed by atoms with Crippen LogP contribution in [-0.4, -0.2) is 41.8 Å². The van der Waals surface area contributed by atoms with Crippen molar-refractivity contribution in [1.82, 2.24) is 4.90 Å². The Morgan fingerprint density at radius 3 is 2.48 bits per heavy atom. The van der Waals surface area contributed by atoms with Gasteiger partial charge in [0.1, 0.15) is 18.2 Å². The Balaban J connectivity index is 1.94. The molecule has 0 amide bonds. The minimum atomic E-state index is -0.987. The third-order valence-corrected chi connectivity index (χ3v) is 3.88. The summed E-state index contributed by atoms with van der Waals surface area (Å²) < 4.78 is 32.8. The zero-order chi connectivity index (χ0) is 15.4. The molecule has 0 aromatic heterocycles. The van der Waals surface area contributed by atoms with Crippen LogP contribution in [0.15, 0.2) is 18.2 Å². The van der Waals surface area contributed by atoms with E-state index < -0.39 is 17.6 Å². The van der Waals surface area contributed by atoms with E-state index in [0.29, 0.717) is 25.9 Å². The van der Waals surface area contributed by atoms with Gasteiger partial charge in [-0.1, -0.05) is 6.07 Å². The third kappa shape index (κ3) is 3.98. The summed E-state index contributed by atoms with van der Waals surface area (Å²) in [6.07, 6.45) is 1.22. The van der Waals surface area contributed by atoms with Crippen molar-refractivity contribution >= 4 is 5.97 Å². The van der Waals surface area contributed by atoms with Crippen LogP contribution in [0.4, 0.5) is 8.78 Å². The SMILES string of the molecule is CC(c1c(F)cccc1F)N1CCC(OCC(=O)O)CC1. The van der Waals surface area contributed by atoms with Gasteiger partial charge in [0.15, 0.2) is 0 Å². The van der Waals surface area contributed by atoms with E-state index in [4.69, 9.17) is 9.84 Å². The number of piperidine rings is 1. The summed E-state index contributed by atoms with van der Waals surface area (Å²) >= 11 is 0. The van der Waals surface area contributed by atoms with E-state index >= 15 is 0 Å². The fraction of sp³-hybridized carbons (Fsp3) is 0.533. The number of likely N-dealkylation sites (tertiary alicyclic amines) is 1. The van der Waals surface area contributed by atoms with Crippen molar-refractivity contribution < 1.29 is 23.4 Å². The number of hydrogen-bond acceptors (Lipinski definition) is 3. The molecule has 1 aromatic carbocycles. The van der Waals surface area contributed by atoms with E-state index in [1.165, 1.54) is 18.2 Å². The van der Waals surface area contributed by atoms with E-state index in [1.54, 1.807) is 6.92 Å². The van der Waals surface area contributed by atoms with Gasteiger partial charge in [0.05, 0.1) is 6.10 Å². The van der Waals surface area contributed by atoms with Crippen LogP contribution in [0.2, 0.25) is 0 Å². The molecule has 21 heavy (non-hydrogen) atoms. The molecule has 1 atom stereocenters. The molecule has 1 aliphatic rings. The van der Waals surface area contributed by atoms with Crippen LogP contribution < -0.4 is 0 Å². The second-order valence-electron chi connectivity index (χ2n) is 5.25. The van der Waals surface area contributed by atoms with Crippen LogP contribution in [0.25, 0.3) is 0 Å². The van der Waals surface area contributed by atoms with E-state index in [0.717, 1.165) is 0 Å². The van der Waals surface area contributed by atoms with Gasteiger partial charge in [-0.3, -0.25) is 4.90 Å². The molecule has 1 heterocycles. The summed E-state index contributed by atoms with van der Waals surface area (Å²) in [6.45, 7) is 2.72. The molecule has 1 N–H and O–H groups in total. The standard InChI is InChI=1S/C15H19F2NO3/c1-10(15-12(16)3-2-4-13(15)17)18-7-5-11(6-8-18)21-9-14(19)20/h2-4,10-11H,5-9H2,1H3,(H,19,20). The predicted molar refractivity (Wildman–Crippen MR) is 73.0 cm³/mol. The van der Waals surface area contributed by atoms with Crippen molar-refractivity contribution in [3.63, 3.8) is 0 Å². The summed E-state index contributed by atoms with van der Waals surface area (Å²) in [7, 11) is 0. The largest absolute Gasteiger partial charge is 0.480 e. The molecule has 1 saturated heterocycles. The van der Waals surface area contributed by atoms with Crippen molar-refractivity contribution in [1.29, 1.82) is 0 Å². The van der Waals surface area contributed by atoms with Crippen LogP contribution in [0.3, 0.4) is 0 Å². The maximum absolute atomic E-state index is 13.8. The number of hydrogen-bond donors (Lipinski definition) is 1. The Morgan fingerprint density at radius 1 is 1.38 bits per heavy atom. The normalized spacial score (nSPS) is 18.6. The molecule has 1 unspecified atom stereocenters. The fourth-order valence-electron chi connectivity index (χ4n) is 2.71. The molecular weight excluding hydrogens is 280 g/mol. The van der Waals surface area contributed by atoms with Crippen LogP contribution in [0.5, 0.6) is 0 Å². The molecule has 116 valence electrons. The lowest BCUT2D eigenvalue weighted by molar-refractivity contribution is -0.145. The molecule has 1 aliphatic heterocycles. The molecule has 1 fully saturated rings. The van der Waals surface area contributed by atoms with E-state index in [9.17, 15) is 13.6 Å². The number of ether oxygens (including phenoxy) is 1. The predicted octanol–water partition coefficient (Wildman–Crippen LogP) is 2.59. The summed E-state index contributed by atoms with van der Waals surface area (Å²) in [4.78, 5) is 12.4. The quantitative estimate of drug-likeness (QED) is 0.908. The van der Waals surface area contributed by atoms with Crippen molar-refractivity contribution in [2.75, 3.05) is 19.7 Å². The highest BCUT2D eigenvalue weighted by Crippen LogP contribution is 2.28. The molecule has 4 nitrogen and oxygen atoms in total. The Kier molecular flexibility index (Phi) is 5.25. The Labute approximate surface area is 122 Å². The Hall–Kier alpha value is -1.53. The lowest BCUT2D eigenvalue weighted by Crippen LogP contribution is -2.39. The third-order valence-electron chi connectivity index (χ3n) is 3.88. The minimum Gasteiger partial charge on any atom is -0.480 e. The van der Waals surface area contributed by atoms with Crippen molar-refractivity contribution in [2.45, 2.75) is 31.9 Å². The topological polar surface area (TPSA) is 49.8 Å². The van der Waals surface area contributed by atoms with Gasteiger partial charge in [-0.05, 0) is 31.9 Å². The van der Waals surface area contributed by atoms with E-state index in [2.05, 4.69) is 0 Å². The number of aliphatic carboxylic acids is 1. The van der Waals surface area contributed by atoms with Gasteiger partial charge >= 0.3 is 5.97 Å². The molecule has 0 aliphatic carbocycles. The van der Waals surface area contributed by atoms with Gasteiger partial charge < -0.3 is 9.84 Å². The smallest absolute Gasteiger partial charge is 0.329 e. The monoisotopic (exact) mass is 299 g/mol. The summed E-state index contributed by atoms with van der Waals surface area (Å²) in [6, 6.07) is 3.52. The first-order valence-electron chi connectivity index (χ1n) is 7.00. The molecule has 0 spiro atoms. The van der Waals surface area contributed by atoms with Crippen LogP contribution >= 0.6 is 0 Å². The first-order valence-corrected chi connectivity index (χ1v) is 7.00. The highest BCUT2D eigenvalue weighted by atomic mass is 19.1. The van der Waals surface area contributed by atoms with Crippen LogP contribution in [0, 0.1) is 11.6 Å². The fourth-order valence-corrected chi connectivity index (χ4v) is 2.71. The van der Waals surface area contributed by atoms with Gasteiger partial charge in [0.2, 0.25) is 0 Å². The first-order chi connectivity index (χ1) is 9.99. The molecular formula is C15H19F2NO3. The second-order valence-corrected chi connectivity index (χ2v) is 5.25. The van der Waals surface area contributed by atoms with Gasteiger partial charge in [0.25, 0.3) is 0 Å². The van der Waals surface area contributed by atoms with Crippen molar-refractivity contribution in [2.24, 2.45) is 0 Å². The van der Waals surface area contributed by atoms with Crippen LogP contribution in [-0.2, 0) is 9.53 Å². The zero-order valence-corrected chi connectivity index (χ0v) is 11.9. The number of halogens is 2. The Morgan fingerprint density at radius 2 is 1.95 bits per heavy atom. The molecule has 0 radical (unpaired) electrons. The molecule has 2 rings (SSSR count). The van der Waals surface area contributed by atoms with Gasteiger partial charge in [-0.2, -0.15) is 0 Å². The lowest BCUT2D eigenvalue weighted by Gasteiger charge is -2.36. The first kappa shape index (κ1) is 15.9. The maximum Gasteiger partial charge on any atom is 0.329 e. The van der Waals surface area contributed by atoms with E-state index in [-0.39, 0.29) is 24.3 Å². The zero-order valence-electron chi connectivity index (χ0n) is 11.9. The Bertz CT molecular complexity index is 481. The molecule has 6 heteroatoms. The summed E-state index contributed by atoms with van der Waals surface area (Å²) in [5, 5.41) is 8.58. The number of rotatable bonds is 5. The summed E-state index contributed by atoms with van der Waals surface area (Å²) in [5.41, 5.74) is 0.0856. The van der Waals surface area contributed by atoms with Gasteiger partial charge in [-0.25, -0.2) is 13.6 Å². The number of nitrogens with zero attached hydrogens (tertiary/aromatic N) is 1. The molecule has 0 bridgehead atoms. The highest BCUT2D eigenvalue weighted by molar-refractivity contribution is 5.68. The molecule has 0 saturated carbocycles. The summed E-state index contributed by atoms with van der Waals surface area (Å²) in [5.74, 6) is -2.06. The van der Waals surface area contributed by atoms with Gasteiger partial charge in [0, 0.05) is 24.7 Å². The van der Waals surface area contributed by atoms with E-state index in [1.807, 2.05) is 4.90 Å². The van der Waals surface area contributed by atoms with Gasteiger partial charge in [-0.15, -0.1) is 0 Å². The average Bonchev–Trinajstić information content (AvgIpc) is 2.45. The minimum absolute atomic E-state index is 0.0856. The maximum atomic E-state index is 13.8. The van der Waals surface area contributed by atoms with Crippen molar-refractivity contribution in [3.8, 4) is 0 Å². The number of carbonyl (C=O) groups is 1. The number of benzene rings is 1. The lowest BCUT2D eigenvalue weighted by atomic mass is 10.0. The molecule has 1 aromatic rings. The number of carboxylic acid groups (broad SMARTS) is 1. The van der Waals surface area contributed by atoms with Crippen molar-refractivity contribution in [3.05, 3.63) is 35.4 Å². The average molecular weight is 299 g/mol. The number of carboxylic acids is 1. The second kappa shape index (κ2) is 6.95. The highest BCUT2D eigenvalue weighted by Gasteiger charge is 2.27. The van der Waals surface area contributed by atoms with Crippen LogP contribution in [0.1, 0.15) is 31.4 Å².